The van der Waals surface area contributed by atoms with Gasteiger partial charge in [-0.05, 0) is 55.7 Å². The first-order chi connectivity index (χ1) is 13.5. The molecule has 0 aliphatic carbocycles. The van der Waals surface area contributed by atoms with Crippen molar-refractivity contribution in [2.45, 2.75) is 26.7 Å². The van der Waals surface area contributed by atoms with Gasteiger partial charge in [0.1, 0.15) is 5.92 Å². The van der Waals surface area contributed by atoms with E-state index in [2.05, 4.69) is 5.32 Å². The number of benzene rings is 2. The van der Waals surface area contributed by atoms with Crippen molar-refractivity contribution in [3.05, 3.63) is 47.5 Å². The van der Waals surface area contributed by atoms with Gasteiger partial charge in [0, 0.05) is 30.4 Å². The number of amides is 2. The fourth-order valence-electron chi connectivity index (χ4n) is 3.54. The Labute approximate surface area is 164 Å². The summed E-state index contributed by atoms with van der Waals surface area (Å²) < 4.78 is 11.3. The Balaban J connectivity index is 1.46. The number of hydrogen-bond donors (Lipinski definition) is 1. The highest BCUT2D eigenvalue weighted by Crippen LogP contribution is 2.33. The largest absolute Gasteiger partial charge is 0.490 e. The molecule has 0 bridgehead atoms. The lowest BCUT2D eigenvalue weighted by Gasteiger charge is -2.18. The molecule has 2 aromatic rings. The first-order valence-electron chi connectivity index (χ1n) is 9.62. The first kappa shape index (κ1) is 18.3. The van der Waals surface area contributed by atoms with Crippen molar-refractivity contribution >= 4 is 23.2 Å². The van der Waals surface area contributed by atoms with E-state index in [1.807, 2.05) is 32.0 Å². The minimum atomic E-state index is -0.683. The SMILES string of the molecule is Cc1ccc(N2CCC(C(=O)Nc3ccc4c(c3)OCCCO4)C2=O)cc1C. The fourth-order valence-corrected chi connectivity index (χ4v) is 3.54. The molecule has 1 fully saturated rings. The molecule has 28 heavy (non-hydrogen) atoms. The van der Waals surface area contributed by atoms with Crippen LogP contribution < -0.4 is 19.7 Å². The number of carbonyl (C=O) groups excluding carboxylic acids is 2. The van der Waals surface area contributed by atoms with E-state index in [1.54, 1.807) is 23.1 Å². The minimum Gasteiger partial charge on any atom is -0.490 e. The molecule has 1 N–H and O–H groups in total. The molecule has 6 nitrogen and oxygen atoms in total. The van der Waals surface area contributed by atoms with Crippen molar-refractivity contribution in [2.75, 3.05) is 30.0 Å². The molecule has 2 aliphatic rings. The summed E-state index contributed by atoms with van der Waals surface area (Å²) in [5.74, 6) is 0.164. The van der Waals surface area contributed by atoms with E-state index in [9.17, 15) is 9.59 Å². The highest BCUT2D eigenvalue weighted by molar-refractivity contribution is 6.13. The Bertz CT molecular complexity index is 925. The number of nitrogens with one attached hydrogen (secondary N) is 1. The number of hydrogen-bond acceptors (Lipinski definition) is 4. The molecule has 2 aliphatic heterocycles. The first-order valence-corrected chi connectivity index (χ1v) is 9.62. The average Bonchev–Trinajstić information content (AvgIpc) is 2.91. The molecule has 2 heterocycles. The summed E-state index contributed by atoms with van der Waals surface area (Å²) in [6.07, 6.45) is 1.32. The maximum atomic E-state index is 12.8. The molecule has 0 radical (unpaired) electrons. The van der Waals surface area contributed by atoms with Crippen molar-refractivity contribution in [1.29, 1.82) is 0 Å². The van der Waals surface area contributed by atoms with Crippen LogP contribution in [0, 0.1) is 19.8 Å². The summed E-state index contributed by atoms with van der Waals surface area (Å²) in [5, 5.41) is 2.86. The molecule has 4 rings (SSSR count). The van der Waals surface area contributed by atoms with E-state index in [4.69, 9.17) is 9.47 Å². The lowest BCUT2D eigenvalue weighted by molar-refractivity contribution is -0.129. The van der Waals surface area contributed by atoms with E-state index in [1.165, 1.54) is 5.56 Å². The van der Waals surface area contributed by atoms with Gasteiger partial charge in [0.25, 0.3) is 0 Å². The molecule has 2 aromatic carbocycles. The van der Waals surface area contributed by atoms with Crippen molar-refractivity contribution in [3.63, 3.8) is 0 Å². The number of nitrogens with zero attached hydrogens (tertiary/aromatic N) is 1. The lowest BCUT2D eigenvalue weighted by atomic mass is 10.1. The van der Waals surface area contributed by atoms with Gasteiger partial charge in [-0.1, -0.05) is 6.07 Å². The van der Waals surface area contributed by atoms with Crippen LogP contribution in [0.25, 0.3) is 0 Å². The number of ether oxygens (including phenoxy) is 2. The fraction of sp³-hybridized carbons (Fsp3) is 0.364. The van der Waals surface area contributed by atoms with Gasteiger partial charge in [-0.25, -0.2) is 0 Å². The third kappa shape index (κ3) is 3.54. The quantitative estimate of drug-likeness (QED) is 0.828. The summed E-state index contributed by atoms with van der Waals surface area (Å²) in [6.45, 7) is 5.80. The predicted molar refractivity (Wildman–Crippen MR) is 107 cm³/mol. The number of fused-ring (bicyclic) bond motifs is 1. The highest BCUT2D eigenvalue weighted by Gasteiger charge is 2.37. The van der Waals surface area contributed by atoms with Gasteiger partial charge in [0.15, 0.2) is 11.5 Å². The number of rotatable bonds is 3. The molecular weight excluding hydrogens is 356 g/mol. The molecular formula is C22H24N2O4. The van der Waals surface area contributed by atoms with Gasteiger partial charge < -0.3 is 19.7 Å². The van der Waals surface area contributed by atoms with Crippen LogP contribution >= 0.6 is 0 Å². The minimum absolute atomic E-state index is 0.157. The van der Waals surface area contributed by atoms with Gasteiger partial charge in [-0.2, -0.15) is 0 Å². The third-order valence-electron chi connectivity index (χ3n) is 5.34. The highest BCUT2D eigenvalue weighted by atomic mass is 16.5. The Kier molecular flexibility index (Phi) is 4.94. The summed E-state index contributed by atoms with van der Waals surface area (Å²) in [5.41, 5.74) is 3.76. The van der Waals surface area contributed by atoms with E-state index >= 15 is 0 Å². The van der Waals surface area contributed by atoms with Crippen LogP contribution in [0.5, 0.6) is 11.5 Å². The van der Waals surface area contributed by atoms with E-state index in [-0.39, 0.29) is 11.8 Å². The topological polar surface area (TPSA) is 67.9 Å². The number of carbonyl (C=O) groups is 2. The van der Waals surface area contributed by atoms with Crippen molar-refractivity contribution in [1.82, 2.24) is 0 Å². The maximum absolute atomic E-state index is 12.8. The van der Waals surface area contributed by atoms with Crippen LogP contribution in [0.4, 0.5) is 11.4 Å². The van der Waals surface area contributed by atoms with Gasteiger partial charge in [-0.3, -0.25) is 9.59 Å². The second-order valence-electron chi connectivity index (χ2n) is 7.30. The van der Waals surface area contributed by atoms with E-state index in [0.29, 0.717) is 43.4 Å². The molecule has 1 atom stereocenters. The average molecular weight is 380 g/mol. The molecule has 1 saturated heterocycles. The van der Waals surface area contributed by atoms with Crippen LogP contribution in [-0.2, 0) is 9.59 Å². The van der Waals surface area contributed by atoms with Crippen molar-refractivity contribution in [2.24, 2.45) is 5.92 Å². The van der Waals surface area contributed by atoms with Crippen LogP contribution in [0.3, 0.4) is 0 Å². The zero-order valence-corrected chi connectivity index (χ0v) is 16.2. The molecule has 2 amide bonds. The third-order valence-corrected chi connectivity index (χ3v) is 5.34. The van der Waals surface area contributed by atoms with Crippen LogP contribution in [0.1, 0.15) is 24.0 Å². The monoisotopic (exact) mass is 380 g/mol. The van der Waals surface area contributed by atoms with Gasteiger partial charge in [0.05, 0.1) is 13.2 Å². The summed E-state index contributed by atoms with van der Waals surface area (Å²) >= 11 is 0. The summed E-state index contributed by atoms with van der Waals surface area (Å²) in [6, 6.07) is 11.2. The van der Waals surface area contributed by atoms with Gasteiger partial charge in [-0.15, -0.1) is 0 Å². The number of aryl methyl sites for hydroxylation is 2. The van der Waals surface area contributed by atoms with Gasteiger partial charge in [0.2, 0.25) is 11.8 Å². The number of anilines is 2. The Hall–Kier alpha value is -3.02. The maximum Gasteiger partial charge on any atom is 0.239 e. The van der Waals surface area contributed by atoms with Crippen LogP contribution in [0.2, 0.25) is 0 Å². The van der Waals surface area contributed by atoms with Crippen LogP contribution in [-0.4, -0.2) is 31.6 Å². The standard InChI is InChI=1S/C22H24N2O4/c1-14-4-6-17(12-15(14)2)24-9-8-18(22(24)26)21(25)23-16-5-7-19-20(13-16)28-11-3-10-27-19/h4-7,12-13,18H,3,8-11H2,1-2H3,(H,23,25). The molecule has 0 spiro atoms. The summed E-state index contributed by atoms with van der Waals surface area (Å²) in [7, 11) is 0. The molecule has 1 unspecified atom stereocenters. The zero-order valence-electron chi connectivity index (χ0n) is 16.2. The summed E-state index contributed by atoms with van der Waals surface area (Å²) in [4.78, 5) is 27.3. The normalized spacial score (nSPS) is 18.7. The smallest absolute Gasteiger partial charge is 0.239 e. The second kappa shape index (κ2) is 7.54. The van der Waals surface area contributed by atoms with Crippen molar-refractivity contribution < 1.29 is 19.1 Å². The molecule has 6 heteroatoms. The Morgan fingerprint density at radius 3 is 2.61 bits per heavy atom. The van der Waals surface area contributed by atoms with E-state index < -0.39 is 5.92 Å². The molecule has 0 saturated carbocycles. The van der Waals surface area contributed by atoms with Gasteiger partial charge >= 0.3 is 0 Å². The Morgan fingerprint density at radius 2 is 1.82 bits per heavy atom. The molecule has 146 valence electrons. The Morgan fingerprint density at radius 1 is 1.04 bits per heavy atom. The van der Waals surface area contributed by atoms with Crippen LogP contribution in [0.15, 0.2) is 36.4 Å². The lowest BCUT2D eigenvalue weighted by Crippen LogP contribution is -2.33. The van der Waals surface area contributed by atoms with Crippen molar-refractivity contribution in [3.8, 4) is 11.5 Å². The second-order valence-corrected chi connectivity index (χ2v) is 7.30. The van der Waals surface area contributed by atoms with E-state index in [0.717, 1.165) is 17.7 Å². The molecule has 0 aromatic heterocycles. The zero-order chi connectivity index (χ0) is 19.7. The predicted octanol–water partition coefficient (Wildman–Crippen LogP) is 3.46.